The van der Waals surface area contributed by atoms with Gasteiger partial charge in [-0.15, -0.1) is 0 Å². The topological polar surface area (TPSA) is 41.5 Å². The van der Waals surface area contributed by atoms with Gasteiger partial charge in [-0.2, -0.15) is 0 Å². The summed E-state index contributed by atoms with van der Waals surface area (Å²) in [5.74, 6) is 0.574. The molecule has 0 saturated carbocycles. The van der Waals surface area contributed by atoms with Crippen molar-refractivity contribution in [3.05, 3.63) is 35.9 Å². The third-order valence-electron chi connectivity index (χ3n) is 3.53. The Labute approximate surface area is 103 Å². The Hall–Kier alpha value is -0.900. The maximum Gasteiger partial charge on any atom is 0.0652 e. The average molecular weight is 235 g/mol. The van der Waals surface area contributed by atoms with Crippen LogP contribution in [0.25, 0.3) is 0 Å². The van der Waals surface area contributed by atoms with Crippen LogP contribution in [0.15, 0.2) is 30.3 Å². The minimum Gasteiger partial charge on any atom is -0.394 e. The van der Waals surface area contributed by atoms with E-state index in [0.717, 1.165) is 31.7 Å². The Morgan fingerprint density at radius 2 is 2.18 bits per heavy atom. The first-order chi connectivity index (χ1) is 8.24. The molecule has 1 aromatic carbocycles. The van der Waals surface area contributed by atoms with Crippen LogP contribution in [0.1, 0.15) is 18.9 Å². The molecule has 2 atom stereocenters. The standard InChI is InChI=1S/C14H21NO2/c1-14(11-16,13-5-3-2-4-6-13)15-9-12-7-8-17-10-12/h2-6,12,15-16H,7-11H2,1H3. The van der Waals surface area contributed by atoms with Crippen molar-refractivity contribution in [3.63, 3.8) is 0 Å². The van der Waals surface area contributed by atoms with E-state index < -0.39 is 0 Å². The molecule has 1 heterocycles. The van der Waals surface area contributed by atoms with E-state index in [0.29, 0.717) is 5.92 Å². The summed E-state index contributed by atoms with van der Waals surface area (Å²) in [7, 11) is 0. The predicted octanol–water partition coefficient (Wildman–Crippen LogP) is 1.52. The van der Waals surface area contributed by atoms with E-state index in [4.69, 9.17) is 4.74 Å². The molecule has 94 valence electrons. The van der Waals surface area contributed by atoms with Gasteiger partial charge in [0.05, 0.1) is 18.8 Å². The van der Waals surface area contributed by atoms with Crippen molar-refractivity contribution in [2.75, 3.05) is 26.4 Å². The Morgan fingerprint density at radius 1 is 1.41 bits per heavy atom. The highest BCUT2D eigenvalue weighted by atomic mass is 16.5. The van der Waals surface area contributed by atoms with Crippen LogP contribution >= 0.6 is 0 Å². The van der Waals surface area contributed by atoms with Gasteiger partial charge in [-0.25, -0.2) is 0 Å². The Balaban J connectivity index is 1.98. The number of aliphatic hydroxyl groups excluding tert-OH is 1. The van der Waals surface area contributed by atoms with Crippen molar-refractivity contribution in [1.29, 1.82) is 0 Å². The lowest BCUT2D eigenvalue weighted by Gasteiger charge is -2.30. The van der Waals surface area contributed by atoms with E-state index in [-0.39, 0.29) is 12.1 Å². The molecule has 0 radical (unpaired) electrons. The van der Waals surface area contributed by atoms with Gasteiger partial charge in [0, 0.05) is 13.2 Å². The largest absolute Gasteiger partial charge is 0.394 e. The second kappa shape index (κ2) is 5.63. The molecule has 0 aliphatic carbocycles. The summed E-state index contributed by atoms with van der Waals surface area (Å²) in [6.07, 6.45) is 1.11. The number of nitrogens with one attached hydrogen (secondary N) is 1. The summed E-state index contributed by atoms with van der Waals surface area (Å²) in [6.45, 7) is 4.74. The summed E-state index contributed by atoms with van der Waals surface area (Å²) in [4.78, 5) is 0. The van der Waals surface area contributed by atoms with Crippen molar-refractivity contribution in [3.8, 4) is 0 Å². The Bertz CT molecular complexity index is 335. The fourth-order valence-electron chi connectivity index (χ4n) is 2.17. The first-order valence-corrected chi connectivity index (χ1v) is 6.24. The van der Waals surface area contributed by atoms with Gasteiger partial charge in [-0.3, -0.25) is 0 Å². The molecule has 2 unspecified atom stereocenters. The van der Waals surface area contributed by atoms with E-state index >= 15 is 0 Å². The van der Waals surface area contributed by atoms with E-state index in [1.807, 2.05) is 37.3 Å². The van der Waals surface area contributed by atoms with Crippen LogP contribution in [0.3, 0.4) is 0 Å². The lowest BCUT2D eigenvalue weighted by Crippen LogP contribution is -2.45. The first kappa shape index (κ1) is 12.6. The van der Waals surface area contributed by atoms with Crippen molar-refractivity contribution in [1.82, 2.24) is 5.32 Å². The minimum absolute atomic E-state index is 0.102. The molecule has 1 aromatic rings. The van der Waals surface area contributed by atoms with E-state index in [9.17, 15) is 5.11 Å². The van der Waals surface area contributed by atoms with Crippen LogP contribution in [0.4, 0.5) is 0 Å². The molecule has 0 bridgehead atoms. The summed E-state index contributed by atoms with van der Waals surface area (Å²) in [5.41, 5.74) is 0.769. The zero-order valence-electron chi connectivity index (χ0n) is 10.4. The molecule has 0 spiro atoms. The lowest BCUT2D eigenvalue weighted by molar-refractivity contribution is 0.158. The molecule has 1 aliphatic rings. The van der Waals surface area contributed by atoms with Crippen molar-refractivity contribution in [2.45, 2.75) is 18.9 Å². The van der Waals surface area contributed by atoms with Gasteiger partial charge in [0.15, 0.2) is 0 Å². The minimum atomic E-state index is -0.357. The van der Waals surface area contributed by atoms with Crippen molar-refractivity contribution in [2.24, 2.45) is 5.92 Å². The van der Waals surface area contributed by atoms with Crippen LogP contribution in [-0.2, 0) is 10.3 Å². The van der Waals surface area contributed by atoms with Gasteiger partial charge in [-0.1, -0.05) is 30.3 Å². The van der Waals surface area contributed by atoms with Gasteiger partial charge in [0.1, 0.15) is 0 Å². The smallest absolute Gasteiger partial charge is 0.0652 e. The molecule has 3 heteroatoms. The van der Waals surface area contributed by atoms with E-state index in [2.05, 4.69) is 5.32 Å². The quantitative estimate of drug-likeness (QED) is 0.813. The zero-order chi connectivity index (χ0) is 12.1. The highest BCUT2D eigenvalue weighted by Gasteiger charge is 2.27. The van der Waals surface area contributed by atoms with Gasteiger partial charge < -0.3 is 15.2 Å². The van der Waals surface area contributed by atoms with E-state index in [1.54, 1.807) is 0 Å². The second-order valence-corrected chi connectivity index (χ2v) is 4.97. The van der Waals surface area contributed by atoms with Crippen LogP contribution in [0.2, 0.25) is 0 Å². The number of ether oxygens (including phenoxy) is 1. The molecule has 0 amide bonds. The molecule has 0 aromatic heterocycles. The SMILES string of the molecule is CC(CO)(NCC1CCOC1)c1ccccc1. The van der Waals surface area contributed by atoms with E-state index in [1.165, 1.54) is 0 Å². The summed E-state index contributed by atoms with van der Waals surface area (Å²) in [6, 6.07) is 10.1. The predicted molar refractivity (Wildman–Crippen MR) is 67.8 cm³/mol. The van der Waals surface area contributed by atoms with Gasteiger partial charge >= 0.3 is 0 Å². The van der Waals surface area contributed by atoms with Crippen LogP contribution < -0.4 is 5.32 Å². The maximum absolute atomic E-state index is 9.62. The fraction of sp³-hybridized carbons (Fsp3) is 0.571. The van der Waals surface area contributed by atoms with Gasteiger partial charge in [-0.05, 0) is 24.8 Å². The molecule has 1 aliphatic heterocycles. The van der Waals surface area contributed by atoms with Crippen LogP contribution in [0.5, 0.6) is 0 Å². The zero-order valence-corrected chi connectivity index (χ0v) is 10.4. The molecule has 1 fully saturated rings. The molecule has 1 saturated heterocycles. The summed E-state index contributed by atoms with van der Waals surface area (Å²) in [5, 5.41) is 13.1. The molecule has 17 heavy (non-hydrogen) atoms. The first-order valence-electron chi connectivity index (χ1n) is 6.24. The lowest BCUT2D eigenvalue weighted by atomic mass is 9.92. The Morgan fingerprint density at radius 3 is 2.76 bits per heavy atom. The molecule has 3 nitrogen and oxygen atoms in total. The maximum atomic E-state index is 9.62. The summed E-state index contributed by atoms with van der Waals surface area (Å²) < 4.78 is 5.36. The van der Waals surface area contributed by atoms with Crippen LogP contribution in [-0.4, -0.2) is 31.5 Å². The molecular formula is C14H21NO2. The Kier molecular flexibility index (Phi) is 4.15. The molecule has 2 N–H and O–H groups in total. The number of benzene rings is 1. The molecular weight excluding hydrogens is 214 g/mol. The summed E-state index contributed by atoms with van der Waals surface area (Å²) >= 11 is 0. The monoisotopic (exact) mass is 235 g/mol. The number of hydrogen-bond donors (Lipinski definition) is 2. The van der Waals surface area contributed by atoms with Crippen LogP contribution in [0, 0.1) is 5.92 Å². The number of rotatable bonds is 5. The highest BCUT2D eigenvalue weighted by molar-refractivity contribution is 5.23. The highest BCUT2D eigenvalue weighted by Crippen LogP contribution is 2.21. The molecule has 2 rings (SSSR count). The second-order valence-electron chi connectivity index (χ2n) is 4.97. The van der Waals surface area contributed by atoms with Crippen molar-refractivity contribution < 1.29 is 9.84 Å². The number of hydrogen-bond acceptors (Lipinski definition) is 3. The average Bonchev–Trinajstić information content (AvgIpc) is 2.90. The van der Waals surface area contributed by atoms with Gasteiger partial charge in [0.25, 0.3) is 0 Å². The van der Waals surface area contributed by atoms with Crippen molar-refractivity contribution >= 4 is 0 Å². The van der Waals surface area contributed by atoms with Gasteiger partial charge in [0.2, 0.25) is 0 Å². The normalized spacial score (nSPS) is 23.5. The fourth-order valence-corrected chi connectivity index (χ4v) is 2.17. The third kappa shape index (κ3) is 3.06. The number of aliphatic hydroxyl groups is 1. The third-order valence-corrected chi connectivity index (χ3v) is 3.53.